The van der Waals surface area contributed by atoms with E-state index in [0.29, 0.717) is 17.9 Å². The van der Waals surface area contributed by atoms with Gasteiger partial charge in [0.1, 0.15) is 23.8 Å². The topological polar surface area (TPSA) is 49.7 Å². The highest BCUT2D eigenvalue weighted by Gasteiger charge is 2.27. The monoisotopic (exact) mass is 290 g/mol. The van der Waals surface area contributed by atoms with Crippen LogP contribution in [0.15, 0.2) is 48.5 Å². The van der Waals surface area contributed by atoms with Crippen molar-refractivity contribution in [2.45, 2.75) is 25.6 Å². The van der Waals surface area contributed by atoms with Crippen molar-refractivity contribution in [1.82, 2.24) is 0 Å². The first-order valence-electron chi connectivity index (χ1n) is 6.88. The van der Waals surface area contributed by atoms with Gasteiger partial charge in [0.25, 0.3) is 0 Å². The summed E-state index contributed by atoms with van der Waals surface area (Å²) in [5.74, 6) is -0.176. The van der Waals surface area contributed by atoms with Crippen LogP contribution in [0.4, 0.5) is 4.39 Å². The number of rotatable bonds is 6. The number of hydrogen-bond donors (Lipinski definition) is 2. The summed E-state index contributed by atoms with van der Waals surface area (Å²) in [6.07, 6.45) is 0.283. The SMILES string of the molecule is CCC(O)(CO)c1cc(F)cc(OCc2ccccc2)c1. The van der Waals surface area contributed by atoms with Gasteiger partial charge in [0.2, 0.25) is 0 Å². The van der Waals surface area contributed by atoms with E-state index >= 15 is 0 Å². The Balaban J connectivity index is 2.19. The molecule has 2 aromatic carbocycles. The molecule has 0 bridgehead atoms. The lowest BCUT2D eigenvalue weighted by atomic mass is 9.92. The standard InChI is InChI=1S/C17H19FO3/c1-2-17(20,12-19)14-8-15(18)10-16(9-14)21-11-13-6-4-3-5-7-13/h3-10,19-20H,2,11-12H2,1H3. The van der Waals surface area contributed by atoms with Gasteiger partial charge in [-0.2, -0.15) is 0 Å². The first-order valence-corrected chi connectivity index (χ1v) is 6.88. The average molecular weight is 290 g/mol. The molecule has 2 N–H and O–H groups in total. The molecular formula is C17H19FO3. The molecule has 0 aliphatic rings. The van der Waals surface area contributed by atoms with Crippen molar-refractivity contribution in [2.75, 3.05) is 6.61 Å². The molecule has 3 nitrogen and oxygen atoms in total. The number of benzene rings is 2. The lowest BCUT2D eigenvalue weighted by Crippen LogP contribution is -2.29. The van der Waals surface area contributed by atoms with Crippen LogP contribution in [0.2, 0.25) is 0 Å². The third-order valence-corrected chi connectivity index (χ3v) is 3.50. The van der Waals surface area contributed by atoms with Gasteiger partial charge >= 0.3 is 0 Å². The Morgan fingerprint density at radius 3 is 2.48 bits per heavy atom. The maximum absolute atomic E-state index is 13.7. The van der Waals surface area contributed by atoms with E-state index in [2.05, 4.69) is 0 Å². The predicted molar refractivity (Wildman–Crippen MR) is 78.4 cm³/mol. The fraction of sp³-hybridized carbons (Fsp3) is 0.294. The van der Waals surface area contributed by atoms with E-state index in [-0.39, 0.29) is 6.42 Å². The number of halogens is 1. The van der Waals surface area contributed by atoms with Crippen molar-refractivity contribution in [3.05, 3.63) is 65.5 Å². The van der Waals surface area contributed by atoms with Crippen LogP contribution in [-0.4, -0.2) is 16.8 Å². The van der Waals surface area contributed by atoms with Crippen LogP contribution in [0, 0.1) is 5.82 Å². The number of hydrogen-bond acceptors (Lipinski definition) is 3. The minimum Gasteiger partial charge on any atom is -0.489 e. The molecule has 1 unspecified atom stereocenters. The highest BCUT2D eigenvalue weighted by molar-refractivity contribution is 5.33. The molecule has 0 radical (unpaired) electrons. The molecule has 0 saturated carbocycles. The summed E-state index contributed by atoms with van der Waals surface area (Å²) in [7, 11) is 0. The third kappa shape index (κ3) is 3.80. The van der Waals surface area contributed by atoms with Crippen LogP contribution in [0.25, 0.3) is 0 Å². The summed E-state index contributed by atoms with van der Waals surface area (Å²) >= 11 is 0. The fourth-order valence-electron chi connectivity index (χ4n) is 2.06. The minimum atomic E-state index is -1.45. The summed E-state index contributed by atoms with van der Waals surface area (Å²) in [6.45, 7) is 1.57. The molecule has 0 aliphatic carbocycles. The molecule has 0 aromatic heterocycles. The average Bonchev–Trinajstić information content (AvgIpc) is 2.52. The fourth-order valence-corrected chi connectivity index (χ4v) is 2.06. The Kier molecular flexibility index (Phi) is 4.94. The summed E-state index contributed by atoms with van der Waals surface area (Å²) < 4.78 is 19.2. The van der Waals surface area contributed by atoms with E-state index in [1.807, 2.05) is 30.3 Å². The maximum atomic E-state index is 13.7. The Morgan fingerprint density at radius 2 is 1.86 bits per heavy atom. The number of ether oxygens (including phenoxy) is 1. The van der Waals surface area contributed by atoms with Crippen LogP contribution in [-0.2, 0) is 12.2 Å². The zero-order valence-electron chi connectivity index (χ0n) is 11.9. The summed E-state index contributed by atoms with van der Waals surface area (Å²) in [6, 6.07) is 13.6. The molecule has 0 fully saturated rings. The molecular weight excluding hydrogens is 271 g/mol. The van der Waals surface area contributed by atoms with Crippen LogP contribution in [0.3, 0.4) is 0 Å². The van der Waals surface area contributed by atoms with E-state index in [4.69, 9.17) is 4.74 Å². The summed E-state index contributed by atoms with van der Waals surface area (Å²) in [5.41, 5.74) is -0.167. The zero-order chi connectivity index (χ0) is 15.3. The number of aliphatic hydroxyl groups is 2. The van der Waals surface area contributed by atoms with Gasteiger partial charge in [0.05, 0.1) is 6.61 Å². The highest BCUT2D eigenvalue weighted by atomic mass is 19.1. The summed E-state index contributed by atoms with van der Waals surface area (Å²) in [5, 5.41) is 19.6. The largest absolute Gasteiger partial charge is 0.489 e. The van der Waals surface area contributed by atoms with E-state index < -0.39 is 18.0 Å². The van der Waals surface area contributed by atoms with Gasteiger partial charge < -0.3 is 14.9 Å². The van der Waals surface area contributed by atoms with Gasteiger partial charge in [-0.1, -0.05) is 37.3 Å². The van der Waals surface area contributed by atoms with Crippen LogP contribution < -0.4 is 4.74 Å². The molecule has 2 rings (SSSR count). The first kappa shape index (κ1) is 15.5. The van der Waals surface area contributed by atoms with Crippen molar-refractivity contribution in [3.8, 4) is 5.75 Å². The maximum Gasteiger partial charge on any atom is 0.127 e. The molecule has 0 spiro atoms. The molecule has 0 amide bonds. The third-order valence-electron chi connectivity index (χ3n) is 3.50. The van der Waals surface area contributed by atoms with Gasteiger partial charge in [-0.15, -0.1) is 0 Å². The lowest BCUT2D eigenvalue weighted by molar-refractivity contribution is -0.0226. The van der Waals surface area contributed by atoms with Crippen molar-refractivity contribution >= 4 is 0 Å². The smallest absolute Gasteiger partial charge is 0.127 e. The Morgan fingerprint density at radius 1 is 1.14 bits per heavy atom. The van der Waals surface area contributed by atoms with Gasteiger partial charge in [-0.3, -0.25) is 0 Å². The molecule has 112 valence electrons. The van der Waals surface area contributed by atoms with E-state index in [1.165, 1.54) is 12.1 Å². The van der Waals surface area contributed by atoms with Crippen molar-refractivity contribution in [1.29, 1.82) is 0 Å². The van der Waals surface area contributed by atoms with E-state index in [9.17, 15) is 14.6 Å². The van der Waals surface area contributed by atoms with E-state index in [0.717, 1.165) is 5.56 Å². The van der Waals surface area contributed by atoms with Crippen molar-refractivity contribution in [2.24, 2.45) is 0 Å². The minimum absolute atomic E-state index is 0.283. The van der Waals surface area contributed by atoms with Gasteiger partial charge in [0, 0.05) is 6.07 Å². The molecule has 0 heterocycles. The van der Waals surface area contributed by atoms with Crippen LogP contribution >= 0.6 is 0 Å². The molecule has 2 aromatic rings. The Bertz CT molecular complexity index is 580. The second-order valence-corrected chi connectivity index (χ2v) is 4.99. The highest BCUT2D eigenvalue weighted by Crippen LogP contribution is 2.29. The van der Waals surface area contributed by atoms with Gasteiger partial charge in [-0.25, -0.2) is 4.39 Å². The Labute approximate surface area is 123 Å². The predicted octanol–water partition coefficient (Wildman–Crippen LogP) is 2.99. The van der Waals surface area contributed by atoms with Crippen LogP contribution in [0.1, 0.15) is 24.5 Å². The molecule has 0 saturated heterocycles. The molecule has 0 aliphatic heterocycles. The molecule has 1 atom stereocenters. The van der Waals surface area contributed by atoms with Crippen LogP contribution in [0.5, 0.6) is 5.75 Å². The number of aliphatic hydroxyl groups excluding tert-OH is 1. The van der Waals surface area contributed by atoms with Crippen molar-refractivity contribution < 1.29 is 19.3 Å². The quantitative estimate of drug-likeness (QED) is 0.860. The van der Waals surface area contributed by atoms with Gasteiger partial charge in [-0.05, 0) is 29.7 Å². The molecule has 4 heteroatoms. The lowest BCUT2D eigenvalue weighted by Gasteiger charge is -2.25. The second kappa shape index (κ2) is 6.70. The van der Waals surface area contributed by atoms with Gasteiger partial charge in [0.15, 0.2) is 0 Å². The zero-order valence-corrected chi connectivity index (χ0v) is 11.9. The molecule has 21 heavy (non-hydrogen) atoms. The second-order valence-electron chi connectivity index (χ2n) is 4.99. The van der Waals surface area contributed by atoms with Crippen molar-refractivity contribution in [3.63, 3.8) is 0 Å². The van der Waals surface area contributed by atoms with E-state index in [1.54, 1.807) is 13.0 Å². The Hall–Kier alpha value is -1.91. The summed E-state index contributed by atoms with van der Waals surface area (Å²) in [4.78, 5) is 0. The normalized spacial score (nSPS) is 13.7. The first-order chi connectivity index (χ1) is 10.1.